The molecule has 124 valence electrons. The number of methoxy groups -OCH3 is 2. The summed E-state index contributed by atoms with van der Waals surface area (Å²) in [5.74, 6) is 4.35. The third kappa shape index (κ3) is 3.58. The molecule has 0 bridgehead atoms. The van der Waals surface area contributed by atoms with Crippen molar-refractivity contribution in [2.75, 3.05) is 14.2 Å². The lowest BCUT2D eigenvalue weighted by atomic mass is 10.1. The van der Waals surface area contributed by atoms with Gasteiger partial charge in [-0.1, -0.05) is 0 Å². The van der Waals surface area contributed by atoms with Crippen molar-refractivity contribution in [2.45, 2.75) is 0 Å². The van der Waals surface area contributed by atoms with Crippen molar-refractivity contribution in [3.05, 3.63) is 65.2 Å². The molecule has 0 unspecified atom stereocenters. The van der Waals surface area contributed by atoms with Crippen LogP contribution in [0.3, 0.4) is 0 Å². The first kappa shape index (κ1) is 17.2. The number of imide groups is 1. The fourth-order valence-electron chi connectivity index (χ4n) is 1.97. The summed E-state index contributed by atoms with van der Waals surface area (Å²) in [5.41, 5.74) is 0.712. The van der Waals surface area contributed by atoms with Crippen molar-refractivity contribution >= 4 is 17.8 Å². The van der Waals surface area contributed by atoms with Crippen LogP contribution >= 0.6 is 0 Å². The molecule has 0 aliphatic rings. The van der Waals surface area contributed by atoms with Crippen molar-refractivity contribution in [1.82, 2.24) is 5.01 Å². The van der Waals surface area contributed by atoms with E-state index in [1.165, 1.54) is 50.6 Å². The first-order valence-corrected chi connectivity index (χ1v) is 6.94. The maximum Gasteiger partial charge on any atom is 0.337 e. The van der Waals surface area contributed by atoms with Crippen LogP contribution < -0.4 is 10.6 Å². The van der Waals surface area contributed by atoms with Gasteiger partial charge in [0.05, 0.1) is 19.8 Å². The smallest absolute Gasteiger partial charge is 0.337 e. The third-order valence-electron chi connectivity index (χ3n) is 3.33. The van der Waals surface area contributed by atoms with Gasteiger partial charge in [0.2, 0.25) is 0 Å². The second kappa shape index (κ2) is 7.38. The molecule has 7 nitrogen and oxygen atoms in total. The van der Waals surface area contributed by atoms with Crippen molar-refractivity contribution in [3.63, 3.8) is 0 Å². The Hall–Kier alpha value is -3.19. The second-order valence-corrected chi connectivity index (χ2v) is 4.78. The highest BCUT2D eigenvalue weighted by Gasteiger charge is 2.21. The number of nitrogens with zero attached hydrogens (tertiary/aromatic N) is 1. The summed E-state index contributed by atoms with van der Waals surface area (Å²) in [7, 11) is 2.77. The van der Waals surface area contributed by atoms with Gasteiger partial charge in [0.25, 0.3) is 11.8 Å². The van der Waals surface area contributed by atoms with E-state index in [2.05, 4.69) is 4.74 Å². The van der Waals surface area contributed by atoms with Crippen molar-refractivity contribution in [1.29, 1.82) is 0 Å². The Kier molecular flexibility index (Phi) is 5.28. The summed E-state index contributed by atoms with van der Waals surface area (Å²) in [5, 5.41) is 0.523. The highest BCUT2D eigenvalue weighted by atomic mass is 16.5. The van der Waals surface area contributed by atoms with Gasteiger partial charge in [-0.05, 0) is 48.5 Å². The molecule has 0 radical (unpaired) electrons. The SMILES string of the molecule is COC(=O)c1ccc(C(=O)N(N)C(=O)c2ccc(OC)cc2)cc1. The zero-order chi connectivity index (χ0) is 17.7. The number of hydrazine groups is 1. The molecule has 2 amide bonds. The van der Waals surface area contributed by atoms with Gasteiger partial charge < -0.3 is 9.47 Å². The van der Waals surface area contributed by atoms with E-state index in [0.29, 0.717) is 16.3 Å². The Bertz CT molecular complexity index is 754. The van der Waals surface area contributed by atoms with E-state index in [-0.39, 0.29) is 11.1 Å². The lowest BCUT2D eigenvalue weighted by Crippen LogP contribution is -2.42. The predicted molar refractivity (Wildman–Crippen MR) is 85.5 cm³/mol. The minimum absolute atomic E-state index is 0.173. The van der Waals surface area contributed by atoms with Gasteiger partial charge in [0, 0.05) is 11.1 Å². The molecule has 0 aliphatic heterocycles. The van der Waals surface area contributed by atoms with Crippen LogP contribution in [0.4, 0.5) is 0 Å². The Labute approximate surface area is 138 Å². The Balaban J connectivity index is 2.15. The lowest BCUT2D eigenvalue weighted by molar-refractivity contribution is 0.0591. The molecule has 0 spiro atoms. The Morgan fingerprint density at radius 2 is 1.21 bits per heavy atom. The van der Waals surface area contributed by atoms with Crippen molar-refractivity contribution in [2.24, 2.45) is 5.84 Å². The standard InChI is InChI=1S/C17H16N2O5/c1-23-14-9-7-12(8-10-14)16(21)19(18)15(20)11-3-5-13(6-4-11)17(22)24-2/h3-10H,18H2,1-2H3. The zero-order valence-corrected chi connectivity index (χ0v) is 13.2. The normalized spacial score (nSPS) is 9.96. The number of ether oxygens (including phenoxy) is 2. The first-order chi connectivity index (χ1) is 11.5. The molecule has 2 rings (SSSR count). The summed E-state index contributed by atoms with van der Waals surface area (Å²) >= 11 is 0. The number of nitrogens with two attached hydrogens (primary N) is 1. The molecule has 0 saturated heterocycles. The molecule has 2 aromatic carbocycles. The van der Waals surface area contributed by atoms with Crippen LogP contribution in [0.1, 0.15) is 31.1 Å². The highest BCUT2D eigenvalue weighted by molar-refractivity contribution is 6.10. The first-order valence-electron chi connectivity index (χ1n) is 6.94. The topological polar surface area (TPSA) is 98.9 Å². The van der Waals surface area contributed by atoms with Gasteiger partial charge in [0.1, 0.15) is 5.75 Å². The van der Waals surface area contributed by atoms with Gasteiger partial charge in [-0.15, -0.1) is 0 Å². The summed E-state index contributed by atoms with van der Waals surface area (Å²) in [4.78, 5) is 35.9. The average Bonchev–Trinajstić information content (AvgIpc) is 2.65. The van der Waals surface area contributed by atoms with E-state index in [1.54, 1.807) is 12.1 Å². The fourth-order valence-corrected chi connectivity index (χ4v) is 1.97. The van der Waals surface area contributed by atoms with E-state index < -0.39 is 17.8 Å². The minimum Gasteiger partial charge on any atom is -0.497 e. The van der Waals surface area contributed by atoms with E-state index in [4.69, 9.17) is 10.6 Å². The quantitative estimate of drug-likeness (QED) is 0.301. The summed E-state index contributed by atoms with van der Waals surface area (Å²) in [6.07, 6.45) is 0. The molecule has 24 heavy (non-hydrogen) atoms. The molecule has 0 aliphatic carbocycles. The highest BCUT2D eigenvalue weighted by Crippen LogP contribution is 2.14. The fraction of sp³-hybridized carbons (Fsp3) is 0.118. The van der Waals surface area contributed by atoms with E-state index >= 15 is 0 Å². The molecule has 0 saturated carbocycles. The van der Waals surface area contributed by atoms with E-state index in [0.717, 1.165) is 0 Å². The number of hydrogen-bond acceptors (Lipinski definition) is 6. The maximum absolute atomic E-state index is 12.3. The third-order valence-corrected chi connectivity index (χ3v) is 3.33. The van der Waals surface area contributed by atoms with Gasteiger partial charge in [-0.3, -0.25) is 9.59 Å². The van der Waals surface area contributed by atoms with E-state index in [1.807, 2.05) is 0 Å². The van der Waals surface area contributed by atoms with Crippen LogP contribution in [-0.2, 0) is 4.74 Å². The Morgan fingerprint density at radius 3 is 1.62 bits per heavy atom. The number of amides is 2. The van der Waals surface area contributed by atoms with Crippen LogP contribution in [0.5, 0.6) is 5.75 Å². The number of esters is 1. The predicted octanol–water partition coefficient (Wildman–Crippen LogP) is 1.64. The number of carbonyl (C=O) groups excluding carboxylic acids is 3. The number of benzene rings is 2. The second-order valence-electron chi connectivity index (χ2n) is 4.78. The molecule has 7 heteroatoms. The van der Waals surface area contributed by atoms with Crippen LogP contribution in [0.2, 0.25) is 0 Å². The molecular weight excluding hydrogens is 312 g/mol. The van der Waals surface area contributed by atoms with Gasteiger partial charge >= 0.3 is 5.97 Å². The van der Waals surface area contributed by atoms with Crippen LogP contribution in [-0.4, -0.2) is 37.0 Å². The average molecular weight is 328 g/mol. The monoisotopic (exact) mass is 328 g/mol. The molecule has 2 aromatic rings. The largest absolute Gasteiger partial charge is 0.497 e. The van der Waals surface area contributed by atoms with Gasteiger partial charge in [-0.2, -0.15) is 0 Å². The van der Waals surface area contributed by atoms with Gasteiger partial charge in [-0.25, -0.2) is 15.6 Å². The molecule has 0 fully saturated rings. The van der Waals surface area contributed by atoms with E-state index in [9.17, 15) is 14.4 Å². The number of hydrogen-bond donors (Lipinski definition) is 1. The Morgan fingerprint density at radius 1 is 0.792 bits per heavy atom. The van der Waals surface area contributed by atoms with Crippen LogP contribution in [0, 0.1) is 0 Å². The van der Waals surface area contributed by atoms with Crippen LogP contribution in [0.15, 0.2) is 48.5 Å². The molecule has 0 atom stereocenters. The molecular formula is C17H16N2O5. The maximum atomic E-state index is 12.3. The van der Waals surface area contributed by atoms with Crippen molar-refractivity contribution in [3.8, 4) is 5.75 Å². The summed E-state index contributed by atoms with van der Waals surface area (Å²) in [6, 6.07) is 11.8. The number of rotatable bonds is 4. The molecule has 2 N–H and O–H groups in total. The number of carbonyl (C=O) groups is 3. The zero-order valence-electron chi connectivity index (χ0n) is 13.2. The minimum atomic E-state index is -0.688. The van der Waals surface area contributed by atoms with Crippen LogP contribution in [0.25, 0.3) is 0 Å². The van der Waals surface area contributed by atoms with Gasteiger partial charge in [0.15, 0.2) is 0 Å². The summed E-state index contributed by atoms with van der Waals surface area (Å²) in [6.45, 7) is 0. The van der Waals surface area contributed by atoms with Crippen molar-refractivity contribution < 1.29 is 23.9 Å². The molecule has 0 aromatic heterocycles. The summed E-state index contributed by atoms with van der Waals surface area (Å²) < 4.78 is 9.58. The lowest BCUT2D eigenvalue weighted by Gasteiger charge is -2.15. The molecule has 0 heterocycles.